The molecule has 7 nitrogen and oxygen atoms in total. The zero-order chi connectivity index (χ0) is 17.2. The normalized spacial score (nSPS) is 15.5. The third-order valence-electron chi connectivity index (χ3n) is 4.06. The molecule has 1 aromatic carbocycles. The molecule has 2 aromatic rings. The Labute approximate surface area is 140 Å². The molecule has 0 radical (unpaired) electrons. The van der Waals surface area contributed by atoms with Crippen molar-refractivity contribution in [3.05, 3.63) is 48.4 Å². The first kappa shape index (κ1) is 16.5. The highest BCUT2D eigenvalue weighted by Crippen LogP contribution is 2.26. The van der Waals surface area contributed by atoms with Gasteiger partial charge in [0.15, 0.2) is 5.76 Å². The van der Waals surface area contributed by atoms with Gasteiger partial charge in [-0.3, -0.25) is 4.79 Å². The summed E-state index contributed by atoms with van der Waals surface area (Å²) >= 11 is 0. The molecule has 0 atom stereocenters. The monoisotopic (exact) mass is 349 g/mol. The van der Waals surface area contributed by atoms with E-state index >= 15 is 0 Å². The molecular formula is C16H19N3O4S. The van der Waals surface area contributed by atoms with Crippen LogP contribution in [0.5, 0.6) is 0 Å². The number of furan rings is 1. The van der Waals surface area contributed by atoms with Crippen molar-refractivity contribution in [3.63, 3.8) is 0 Å². The Morgan fingerprint density at radius 3 is 2.42 bits per heavy atom. The summed E-state index contributed by atoms with van der Waals surface area (Å²) in [6.45, 7) is 2.13. The van der Waals surface area contributed by atoms with E-state index in [1.54, 1.807) is 35.2 Å². The van der Waals surface area contributed by atoms with Gasteiger partial charge in [-0.05, 0) is 31.3 Å². The first-order chi connectivity index (χ1) is 11.5. The quantitative estimate of drug-likeness (QED) is 0.895. The summed E-state index contributed by atoms with van der Waals surface area (Å²) < 4.78 is 31.9. The van der Waals surface area contributed by atoms with Crippen LogP contribution in [0.15, 0.2) is 52.0 Å². The van der Waals surface area contributed by atoms with Gasteiger partial charge < -0.3 is 14.2 Å². The van der Waals surface area contributed by atoms with E-state index in [4.69, 9.17) is 4.42 Å². The number of rotatable bonds is 4. The SMILES string of the molecule is CNS(=O)(=O)c1ccccc1N1CCN(C(=O)c2ccco2)CC1. The van der Waals surface area contributed by atoms with Gasteiger partial charge in [0.1, 0.15) is 4.90 Å². The Hall–Kier alpha value is -2.32. The molecule has 0 saturated carbocycles. The third-order valence-corrected chi connectivity index (χ3v) is 5.52. The fourth-order valence-corrected chi connectivity index (χ4v) is 3.71. The second-order valence-electron chi connectivity index (χ2n) is 5.43. The number of sulfonamides is 1. The molecular weight excluding hydrogens is 330 g/mol. The van der Waals surface area contributed by atoms with Crippen molar-refractivity contribution < 1.29 is 17.6 Å². The second kappa shape index (κ2) is 6.66. The summed E-state index contributed by atoms with van der Waals surface area (Å²) in [5.41, 5.74) is 0.650. The number of amides is 1. The summed E-state index contributed by atoms with van der Waals surface area (Å²) in [6, 6.07) is 10.2. The standard InChI is InChI=1S/C16H19N3O4S/c1-17-24(21,22)15-7-3-2-5-13(15)18-8-10-19(11-9-18)16(20)14-6-4-12-23-14/h2-7,12,17H,8-11H2,1H3. The van der Waals surface area contributed by atoms with E-state index in [2.05, 4.69) is 4.72 Å². The van der Waals surface area contributed by atoms with Gasteiger partial charge in [-0.15, -0.1) is 0 Å². The van der Waals surface area contributed by atoms with Gasteiger partial charge in [0.2, 0.25) is 10.0 Å². The van der Waals surface area contributed by atoms with Gasteiger partial charge in [-0.1, -0.05) is 12.1 Å². The summed E-state index contributed by atoms with van der Waals surface area (Å²) in [6.07, 6.45) is 1.47. The van der Waals surface area contributed by atoms with Crippen LogP contribution in [0.4, 0.5) is 5.69 Å². The minimum atomic E-state index is -3.53. The van der Waals surface area contributed by atoms with E-state index in [0.29, 0.717) is 37.6 Å². The van der Waals surface area contributed by atoms with Crippen molar-refractivity contribution in [3.8, 4) is 0 Å². The van der Waals surface area contributed by atoms with E-state index in [0.717, 1.165) is 0 Å². The molecule has 1 aromatic heterocycles. The maximum atomic E-state index is 12.3. The minimum absolute atomic E-state index is 0.143. The molecule has 0 bridgehead atoms. The van der Waals surface area contributed by atoms with Crippen LogP contribution < -0.4 is 9.62 Å². The molecule has 3 rings (SSSR count). The molecule has 0 spiro atoms. The summed E-state index contributed by atoms with van der Waals surface area (Å²) in [5, 5.41) is 0. The average molecular weight is 349 g/mol. The number of para-hydroxylation sites is 1. The first-order valence-electron chi connectivity index (χ1n) is 7.63. The number of nitrogens with one attached hydrogen (secondary N) is 1. The van der Waals surface area contributed by atoms with Crippen molar-refractivity contribution in [2.45, 2.75) is 4.90 Å². The number of anilines is 1. The lowest BCUT2D eigenvalue weighted by Gasteiger charge is -2.36. The molecule has 1 aliphatic heterocycles. The Kier molecular flexibility index (Phi) is 4.59. The van der Waals surface area contributed by atoms with Crippen molar-refractivity contribution in [2.75, 3.05) is 38.1 Å². The highest BCUT2D eigenvalue weighted by molar-refractivity contribution is 7.89. The predicted molar refractivity (Wildman–Crippen MR) is 89.5 cm³/mol. The minimum Gasteiger partial charge on any atom is -0.459 e. The largest absolute Gasteiger partial charge is 0.459 e. The smallest absolute Gasteiger partial charge is 0.289 e. The summed E-state index contributed by atoms with van der Waals surface area (Å²) in [7, 11) is -2.14. The van der Waals surface area contributed by atoms with Gasteiger partial charge in [0.05, 0.1) is 12.0 Å². The van der Waals surface area contributed by atoms with Gasteiger partial charge in [0, 0.05) is 26.2 Å². The molecule has 8 heteroatoms. The van der Waals surface area contributed by atoms with E-state index in [1.165, 1.54) is 13.3 Å². The molecule has 1 N–H and O–H groups in total. The van der Waals surface area contributed by atoms with Crippen LogP contribution in [0.3, 0.4) is 0 Å². The van der Waals surface area contributed by atoms with E-state index in [9.17, 15) is 13.2 Å². The topological polar surface area (TPSA) is 82.9 Å². The molecule has 0 unspecified atom stereocenters. The fourth-order valence-electron chi connectivity index (χ4n) is 2.76. The lowest BCUT2D eigenvalue weighted by molar-refractivity contribution is 0.0714. The van der Waals surface area contributed by atoms with Crippen molar-refractivity contribution in [2.24, 2.45) is 0 Å². The average Bonchev–Trinajstić information content (AvgIpc) is 3.16. The number of nitrogens with zero attached hydrogens (tertiary/aromatic N) is 2. The number of hydrogen-bond donors (Lipinski definition) is 1. The highest BCUT2D eigenvalue weighted by Gasteiger charge is 2.26. The van der Waals surface area contributed by atoms with Crippen LogP contribution in [0.25, 0.3) is 0 Å². The van der Waals surface area contributed by atoms with E-state index in [-0.39, 0.29) is 10.8 Å². The second-order valence-corrected chi connectivity index (χ2v) is 7.29. The number of hydrogen-bond acceptors (Lipinski definition) is 5. The maximum Gasteiger partial charge on any atom is 0.289 e. The molecule has 0 aliphatic carbocycles. The number of carbonyl (C=O) groups is 1. The van der Waals surface area contributed by atoms with E-state index < -0.39 is 10.0 Å². The molecule has 128 valence electrons. The van der Waals surface area contributed by atoms with Crippen molar-refractivity contribution >= 4 is 21.6 Å². The molecule has 1 fully saturated rings. The van der Waals surface area contributed by atoms with Crippen molar-refractivity contribution in [1.82, 2.24) is 9.62 Å². The van der Waals surface area contributed by atoms with Crippen LogP contribution in [0.2, 0.25) is 0 Å². The number of benzene rings is 1. The Bertz CT molecular complexity index is 810. The van der Waals surface area contributed by atoms with E-state index in [1.807, 2.05) is 11.0 Å². The zero-order valence-corrected chi connectivity index (χ0v) is 14.1. The van der Waals surface area contributed by atoms with Crippen LogP contribution in [0, 0.1) is 0 Å². The third kappa shape index (κ3) is 3.15. The summed E-state index contributed by atoms with van der Waals surface area (Å²) in [5.74, 6) is 0.178. The highest BCUT2D eigenvalue weighted by atomic mass is 32.2. The number of piperazine rings is 1. The lowest BCUT2D eigenvalue weighted by atomic mass is 10.2. The maximum absolute atomic E-state index is 12.3. The van der Waals surface area contributed by atoms with Crippen LogP contribution in [0.1, 0.15) is 10.6 Å². The fraction of sp³-hybridized carbons (Fsp3) is 0.312. The van der Waals surface area contributed by atoms with Crippen LogP contribution >= 0.6 is 0 Å². The predicted octanol–water partition coefficient (Wildman–Crippen LogP) is 1.15. The molecule has 1 amide bonds. The van der Waals surface area contributed by atoms with Gasteiger partial charge in [-0.2, -0.15) is 0 Å². The summed E-state index contributed by atoms with van der Waals surface area (Å²) in [4.78, 5) is 16.2. The lowest BCUT2D eigenvalue weighted by Crippen LogP contribution is -2.49. The zero-order valence-electron chi connectivity index (χ0n) is 13.3. The Morgan fingerprint density at radius 1 is 1.08 bits per heavy atom. The molecule has 24 heavy (non-hydrogen) atoms. The number of carbonyl (C=O) groups excluding carboxylic acids is 1. The van der Waals surface area contributed by atoms with Gasteiger partial charge in [-0.25, -0.2) is 13.1 Å². The molecule has 1 aliphatic rings. The molecule has 2 heterocycles. The van der Waals surface area contributed by atoms with Gasteiger partial charge >= 0.3 is 0 Å². The van der Waals surface area contributed by atoms with Crippen LogP contribution in [-0.4, -0.2) is 52.5 Å². The molecule has 1 saturated heterocycles. The Morgan fingerprint density at radius 2 is 1.79 bits per heavy atom. The Balaban J connectivity index is 1.75. The van der Waals surface area contributed by atoms with Gasteiger partial charge in [0.25, 0.3) is 5.91 Å². The first-order valence-corrected chi connectivity index (χ1v) is 9.11. The van der Waals surface area contributed by atoms with Crippen LogP contribution in [-0.2, 0) is 10.0 Å². The van der Waals surface area contributed by atoms with Crippen molar-refractivity contribution in [1.29, 1.82) is 0 Å².